The fourth-order valence-electron chi connectivity index (χ4n) is 4.94. The molecule has 0 fully saturated rings. The van der Waals surface area contributed by atoms with E-state index < -0.39 is 6.10 Å². The summed E-state index contributed by atoms with van der Waals surface area (Å²) in [4.78, 5) is 12.1. The van der Waals surface area contributed by atoms with Crippen molar-refractivity contribution in [3.05, 3.63) is 36.5 Å². The number of hydrogen-bond donors (Lipinski definition) is 1. The summed E-state index contributed by atoms with van der Waals surface area (Å²) in [6.45, 7) is 5.29. The van der Waals surface area contributed by atoms with Gasteiger partial charge < -0.3 is 14.6 Å². The number of hydrogen-bond acceptors (Lipinski definition) is 4. The molecule has 0 spiro atoms. The van der Waals surface area contributed by atoms with Crippen LogP contribution in [0, 0.1) is 0 Å². The third kappa shape index (κ3) is 33.1. The van der Waals surface area contributed by atoms with Gasteiger partial charge in [-0.3, -0.25) is 4.79 Å². The van der Waals surface area contributed by atoms with Crippen molar-refractivity contribution in [2.45, 2.75) is 180 Å². The lowest BCUT2D eigenvalue weighted by atomic mass is 10.1. The summed E-state index contributed by atoms with van der Waals surface area (Å²) in [6.07, 6.45) is 43.2. The molecule has 4 nitrogen and oxygen atoms in total. The molecule has 0 amide bonds. The molecule has 0 aliphatic heterocycles. The number of aliphatic hydroxyl groups excluding tert-OH is 1. The predicted molar refractivity (Wildman–Crippen MR) is 182 cm³/mol. The lowest BCUT2D eigenvalue weighted by molar-refractivity contribution is -0.154. The van der Waals surface area contributed by atoms with Gasteiger partial charge in [0.15, 0.2) is 0 Å². The number of esters is 1. The van der Waals surface area contributed by atoms with Gasteiger partial charge in [-0.15, -0.1) is 0 Å². The molecule has 1 N–H and O–H groups in total. The van der Waals surface area contributed by atoms with Crippen molar-refractivity contribution < 1.29 is 19.4 Å². The van der Waals surface area contributed by atoms with E-state index in [1.54, 1.807) is 0 Å². The van der Waals surface area contributed by atoms with Crippen LogP contribution in [0.15, 0.2) is 36.5 Å². The van der Waals surface area contributed by atoms with Crippen molar-refractivity contribution in [2.75, 3.05) is 19.8 Å². The van der Waals surface area contributed by atoms with Gasteiger partial charge >= 0.3 is 5.97 Å². The molecule has 1 unspecified atom stereocenters. The average molecular weight is 591 g/mol. The van der Waals surface area contributed by atoms with Crippen molar-refractivity contribution in [3.8, 4) is 0 Å². The molecule has 0 saturated heterocycles. The number of allylic oxidation sites excluding steroid dienone is 6. The van der Waals surface area contributed by atoms with E-state index in [2.05, 4.69) is 50.3 Å². The van der Waals surface area contributed by atoms with Crippen LogP contribution in [0.4, 0.5) is 0 Å². The molecule has 246 valence electrons. The van der Waals surface area contributed by atoms with Crippen LogP contribution in [0.2, 0.25) is 0 Å². The molecule has 0 aromatic heterocycles. The zero-order valence-corrected chi connectivity index (χ0v) is 28.0. The molecule has 0 aromatic carbocycles. The van der Waals surface area contributed by atoms with Crippen molar-refractivity contribution in [2.24, 2.45) is 0 Å². The van der Waals surface area contributed by atoms with E-state index in [4.69, 9.17) is 9.47 Å². The average Bonchev–Trinajstić information content (AvgIpc) is 3.00. The molecule has 0 aliphatic carbocycles. The fourth-order valence-corrected chi connectivity index (χ4v) is 4.94. The van der Waals surface area contributed by atoms with Crippen LogP contribution in [-0.2, 0) is 14.3 Å². The van der Waals surface area contributed by atoms with Crippen LogP contribution in [0.5, 0.6) is 0 Å². The van der Waals surface area contributed by atoms with Crippen LogP contribution >= 0.6 is 0 Å². The molecular formula is C38H70O4. The number of carbonyl (C=O) groups excluding carboxylic acids is 1. The zero-order valence-electron chi connectivity index (χ0n) is 28.0. The predicted octanol–water partition coefficient (Wildman–Crippen LogP) is 11.4. The molecule has 1 atom stereocenters. The summed E-state index contributed by atoms with van der Waals surface area (Å²) in [7, 11) is 0. The first kappa shape index (κ1) is 40.6. The van der Waals surface area contributed by atoms with Gasteiger partial charge in [-0.05, 0) is 70.6 Å². The third-order valence-electron chi connectivity index (χ3n) is 7.69. The molecule has 0 bridgehead atoms. The lowest BCUT2D eigenvalue weighted by Gasteiger charge is -2.15. The van der Waals surface area contributed by atoms with Gasteiger partial charge in [-0.25, -0.2) is 0 Å². The SMILES string of the molecule is CCCCCC/C=C\C/C=C\CCCCCCCC(=O)OC(CO)COCCCCCCCC/C=C\CCCCCC. The quantitative estimate of drug-likeness (QED) is 0.0469. The number of carbonyl (C=O) groups is 1. The lowest BCUT2D eigenvalue weighted by Crippen LogP contribution is -2.27. The van der Waals surface area contributed by atoms with Crippen LogP contribution in [-0.4, -0.2) is 37.0 Å². The maximum absolute atomic E-state index is 12.1. The Kier molecular flexibility index (Phi) is 34.6. The molecule has 0 heterocycles. The minimum atomic E-state index is -0.542. The molecule has 4 heteroatoms. The molecule has 0 aliphatic rings. The Hall–Kier alpha value is -1.39. The van der Waals surface area contributed by atoms with Gasteiger partial charge in [-0.1, -0.05) is 134 Å². The summed E-state index contributed by atoms with van der Waals surface area (Å²) >= 11 is 0. The van der Waals surface area contributed by atoms with Gasteiger partial charge in [0.2, 0.25) is 0 Å². The first-order valence-electron chi connectivity index (χ1n) is 18.1. The van der Waals surface area contributed by atoms with E-state index in [1.165, 1.54) is 116 Å². The topological polar surface area (TPSA) is 55.8 Å². The normalized spacial score (nSPS) is 12.7. The van der Waals surface area contributed by atoms with E-state index in [9.17, 15) is 9.90 Å². The number of aliphatic hydroxyl groups is 1. The molecule has 0 radical (unpaired) electrons. The Morgan fingerprint density at radius 2 is 1.00 bits per heavy atom. The minimum absolute atomic E-state index is 0.179. The van der Waals surface area contributed by atoms with E-state index in [-0.39, 0.29) is 19.2 Å². The standard InChI is InChI=1S/C38H70O4/c1-3-5-7-9-11-13-15-17-19-20-21-23-25-27-29-31-33-38(40)42-37(35-39)36-41-34-32-30-28-26-24-22-18-16-14-12-10-8-6-4-2/h13-16,19-20,37,39H,3-12,17-18,21-36H2,1-2H3/b15-13-,16-14-,20-19-. The van der Waals surface area contributed by atoms with E-state index in [0.29, 0.717) is 13.0 Å². The zero-order chi connectivity index (χ0) is 30.6. The monoisotopic (exact) mass is 591 g/mol. The minimum Gasteiger partial charge on any atom is -0.457 e. The van der Waals surface area contributed by atoms with Gasteiger partial charge in [0, 0.05) is 13.0 Å². The maximum Gasteiger partial charge on any atom is 0.306 e. The van der Waals surface area contributed by atoms with Crippen LogP contribution in [0.1, 0.15) is 174 Å². The Morgan fingerprint density at radius 1 is 0.571 bits per heavy atom. The number of rotatable bonds is 33. The second-order valence-electron chi connectivity index (χ2n) is 11.9. The molecular weight excluding hydrogens is 520 g/mol. The second-order valence-corrected chi connectivity index (χ2v) is 11.9. The molecule has 0 aromatic rings. The summed E-state index contributed by atoms with van der Waals surface area (Å²) in [6, 6.07) is 0. The van der Waals surface area contributed by atoms with Crippen molar-refractivity contribution >= 4 is 5.97 Å². The maximum atomic E-state index is 12.1. The first-order valence-corrected chi connectivity index (χ1v) is 18.1. The summed E-state index contributed by atoms with van der Waals surface area (Å²) in [5, 5.41) is 9.54. The highest BCUT2D eigenvalue weighted by Gasteiger charge is 2.13. The first-order chi connectivity index (χ1) is 20.7. The van der Waals surface area contributed by atoms with Crippen molar-refractivity contribution in [1.82, 2.24) is 0 Å². The highest BCUT2D eigenvalue weighted by Crippen LogP contribution is 2.11. The van der Waals surface area contributed by atoms with Crippen LogP contribution in [0.3, 0.4) is 0 Å². The highest BCUT2D eigenvalue weighted by molar-refractivity contribution is 5.69. The summed E-state index contributed by atoms with van der Waals surface area (Å²) in [5.74, 6) is -0.217. The molecule has 0 rings (SSSR count). The van der Waals surface area contributed by atoms with Crippen molar-refractivity contribution in [1.29, 1.82) is 0 Å². The third-order valence-corrected chi connectivity index (χ3v) is 7.69. The number of unbranched alkanes of at least 4 members (excludes halogenated alkanes) is 19. The van der Waals surface area contributed by atoms with Crippen LogP contribution < -0.4 is 0 Å². The molecule has 42 heavy (non-hydrogen) atoms. The Balaban J connectivity index is 3.49. The van der Waals surface area contributed by atoms with E-state index in [1.807, 2.05) is 0 Å². The van der Waals surface area contributed by atoms with Crippen LogP contribution in [0.25, 0.3) is 0 Å². The Bertz CT molecular complexity index is 625. The van der Waals surface area contributed by atoms with Gasteiger partial charge in [0.1, 0.15) is 6.10 Å². The van der Waals surface area contributed by atoms with Gasteiger partial charge in [0.25, 0.3) is 0 Å². The Labute approximate surface area is 261 Å². The van der Waals surface area contributed by atoms with E-state index in [0.717, 1.165) is 38.5 Å². The Morgan fingerprint density at radius 3 is 1.50 bits per heavy atom. The molecule has 0 saturated carbocycles. The smallest absolute Gasteiger partial charge is 0.306 e. The van der Waals surface area contributed by atoms with Gasteiger partial charge in [0.05, 0.1) is 13.2 Å². The van der Waals surface area contributed by atoms with Gasteiger partial charge in [-0.2, -0.15) is 0 Å². The summed E-state index contributed by atoms with van der Waals surface area (Å²) in [5.41, 5.74) is 0. The highest BCUT2D eigenvalue weighted by atomic mass is 16.6. The summed E-state index contributed by atoms with van der Waals surface area (Å²) < 4.78 is 11.1. The second kappa shape index (κ2) is 35.8. The van der Waals surface area contributed by atoms with E-state index >= 15 is 0 Å². The largest absolute Gasteiger partial charge is 0.457 e. The fraction of sp³-hybridized carbons (Fsp3) is 0.816. The number of ether oxygens (including phenoxy) is 2. The van der Waals surface area contributed by atoms with Crippen molar-refractivity contribution in [3.63, 3.8) is 0 Å².